The summed E-state index contributed by atoms with van der Waals surface area (Å²) in [6.07, 6.45) is 2.60. The van der Waals surface area contributed by atoms with Gasteiger partial charge in [-0.15, -0.1) is 0 Å². The summed E-state index contributed by atoms with van der Waals surface area (Å²) >= 11 is 0. The van der Waals surface area contributed by atoms with E-state index in [9.17, 15) is 13.2 Å². The average Bonchev–Trinajstić information content (AvgIpc) is 2.82. The Morgan fingerprint density at radius 3 is 2.41 bits per heavy atom. The van der Waals surface area contributed by atoms with Gasteiger partial charge >= 0.3 is 21.2 Å². The number of sulfonamides is 1. The molecule has 0 saturated heterocycles. The standard InChI is InChI=1S/C12H16N6O3S/c1-4-18(6-5-14-12(18)22(13,20)21)11(19)17-10-15-8(2)7-9(3)16-10/h5-7H,4H2,1-3H3,(H2-,13,15,16,17,19,20,21)/p+1. The van der Waals surface area contributed by atoms with Gasteiger partial charge in [0.2, 0.25) is 5.95 Å². The first-order valence-corrected chi connectivity index (χ1v) is 8.04. The number of rotatable bonds is 2. The minimum atomic E-state index is -4.12. The lowest BCUT2D eigenvalue weighted by Gasteiger charge is -2.26. The molecule has 1 aliphatic rings. The highest BCUT2D eigenvalue weighted by molar-refractivity contribution is 8.04. The third kappa shape index (κ3) is 2.89. The smallest absolute Gasteiger partial charge is 0.242 e. The van der Waals surface area contributed by atoms with Crippen LogP contribution < -0.4 is 10.5 Å². The van der Waals surface area contributed by atoms with Gasteiger partial charge in [0.25, 0.3) is 0 Å². The maximum atomic E-state index is 12.6. The first-order chi connectivity index (χ1) is 10.2. The van der Waals surface area contributed by atoms with Gasteiger partial charge in [0.15, 0.2) is 0 Å². The average molecular weight is 325 g/mol. The number of carbonyl (C=O) groups is 1. The van der Waals surface area contributed by atoms with Gasteiger partial charge in [-0.2, -0.15) is 17.9 Å². The highest BCUT2D eigenvalue weighted by atomic mass is 32.2. The molecule has 0 spiro atoms. The van der Waals surface area contributed by atoms with Crippen molar-refractivity contribution in [1.82, 2.24) is 9.97 Å². The number of amides is 2. The molecule has 0 radical (unpaired) electrons. The summed E-state index contributed by atoms with van der Waals surface area (Å²) in [5.41, 5.74) is 1.37. The number of urea groups is 1. The molecular formula is C12H17N6O3S+. The van der Waals surface area contributed by atoms with Crippen molar-refractivity contribution in [3.8, 4) is 0 Å². The molecule has 1 aromatic heterocycles. The molecule has 10 heteroatoms. The second-order valence-electron chi connectivity index (χ2n) is 4.84. The molecule has 1 atom stereocenters. The maximum absolute atomic E-state index is 12.6. The van der Waals surface area contributed by atoms with Crippen molar-refractivity contribution in [3.63, 3.8) is 0 Å². The monoisotopic (exact) mass is 325 g/mol. The molecule has 2 heterocycles. The van der Waals surface area contributed by atoms with E-state index < -0.39 is 25.7 Å². The third-order valence-corrected chi connectivity index (χ3v) is 4.10. The molecule has 2 rings (SSSR count). The Balaban J connectivity index is 2.38. The molecular weight excluding hydrogens is 308 g/mol. The number of anilines is 1. The lowest BCUT2D eigenvalue weighted by atomic mass is 10.4. The normalized spacial score (nSPS) is 20.8. The Morgan fingerprint density at radius 1 is 1.32 bits per heavy atom. The van der Waals surface area contributed by atoms with Gasteiger partial charge in [0.05, 0.1) is 12.7 Å². The largest absolute Gasteiger partial charge is 0.435 e. The zero-order valence-electron chi connectivity index (χ0n) is 12.4. The third-order valence-electron chi connectivity index (χ3n) is 3.16. The fourth-order valence-electron chi connectivity index (χ4n) is 2.19. The van der Waals surface area contributed by atoms with Crippen molar-refractivity contribution in [2.75, 3.05) is 11.9 Å². The number of nitrogens with zero attached hydrogens (tertiary/aromatic N) is 4. The molecule has 3 N–H and O–H groups in total. The van der Waals surface area contributed by atoms with Crippen LogP contribution in [0.4, 0.5) is 10.7 Å². The zero-order chi connectivity index (χ0) is 16.5. The first kappa shape index (κ1) is 16.2. The molecule has 9 nitrogen and oxygen atoms in total. The topological polar surface area (TPSA) is 127 Å². The summed E-state index contributed by atoms with van der Waals surface area (Å²) < 4.78 is 22.6. The molecule has 22 heavy (non-hydrogen) atoms. The van der Waals surface area contributed by atoms with Crippen LogP contribution in [0.1, 0.15) is 18.3 Å². The lowest BCUT2D eigenvalue weighted by molar-refractivity contribution is -0.688. The summed E-state index contributed by atoms with van der Waals surface area (Å²) in [5.74, 6) is 0.0996. The Bertz CT molecular complexity index is 766. The van der Waals surface area contributed by atoms with E-state index in [0.717, 1.165) is 0 Å². The van der Waals surface area contributed by atoms with Crippen LogP contribution in [0.3, 0.4) is 0 Å². The van der Waals surface area contributed by atoms with E-state index in [4.69, 9.17) is 5.14 Å². The summed E-state index contributed by atoms with van der Waals surface area (Å²) in [6.45, 7) is 5.31. The van der Waals surface area contributed by atoms with E-state index in [0.29, 0.717) is 11.4 Å². The van der Waals surface area contributed by atoms with E-state index in [1.807, 2.05) is 0 Å². The molecule has 1 unspecified atom stereocenters. The van der Waals surface area contributed by atoms with Gasteiger partial charge in [0, 0.05) is 11.4 Å². The van der Waals surface area contributed by atoms with Gasteiger partial charge in [-0.05, 0) is 26.8 Å². The van der Waals surface area contributed by atoms with Crippen LogP contribution in [0.5, 0.6) is 0 Å². The molecule has 0 aromatic carbocycles. The van der Waals surface area contributed by atoms with E-state index in [-0.39, 0.29) is 12.5 Å². The highest BCUT2D eigenvalue weighted by Gasteiger charge is 2.48. The molecule has 2 amide bonds. The minimum absolute atomic E-state index is 0.0996. The zero-order valence-corrected chi connectivity index (χ0v) is 13.3. The van der Waals surface area contributed by atoms with Crippen molar-refractivity contribution >= 4 is 27.2 Å². The fraction of sp³-hybridized carbons (Fsp3) is 0.333. The molecule has 1 aromatic rings. The first-order valence-electron chi connectivity index (χ1n) is 6.49. The van der Waals surface area contributed by atoms with E-state index in [2.05, 4.69) is 20.3 Å². The van der Waals surface area contributed by atoms with Crippen molar-refractivity contribution in [2.24, 2.45) is 10.1 Å². The molecule has 0 fully saturated rings. The number of carbonyl (C=O) groups excluding carboxylic acids is 1. The van der Waals surface area contributed by atoms with Crippen LogP contribution in [0.15, 0.2) is 23.5 Å². The Morgan fingerprint density at radius 2 is 1.91 bits per heavy atom. The summed E-state index contributed by atoms with van der Waals surface area (Å²) in [7, 11) is -4.12. The van der Waals surface area contributed by atoms with Crippen molar-refractivity contribution in [3.05, 3.63) is 29.9 Å². The number of aryl methyl sites for hydroxylation is 2. The Kier molecular flexibility index (Phi) is 4.09. The van der Waals surface area contributed by atoms with Crippen molar-refractivity contribution in [2.45, 2.75) is 20.8 Å². The van der Waals surface area contributed by atoms with E-state index in [1.165, 1.54) is 12.4 Å². The second-order valence-corrected chi connectivity index (χ2v) is 6.30. The van der Waals surface area contributed by atoms with Gasteiger partial charge in [-0.25, -0.2) is 25.2 Å². The molecule has 118 valence electrons. The quantitative estimate of drug-likeness (QED) is 0.769. The second kappa shape index (κ2) is 5.55. The number of amidine groups is 1. The summed E-state index contributed by atoms with van der Waals surface area (Å²) in [6, 6.07) is 1.11. The highest BCUT2D eigenvalue weighted by Crippen LogP contribution is 2.21. The molecule has 0 aliphatic carbocycles. The molecule has 0 saturated carbocycles. The van der Waals surface area contributed by atoms with Gasteiger partial charge < -0.3 is 0 Å². The van der Waals surface area contributed by atoms with Gasteiger partial charge in [-0.1, -0.05) is 0 Å². The van der Waals surface area contributed by atoms with E-state index in [1.54, 1.807) is 26.8 Å². The van der Waals surface area contributed by atoms with Crippen LogP contribution in [-0.2, 0) is 10.0 Å². The van der Waals surface area contributed by atoms with E-state index >= 15 is 0 Å². The predicted molar refractivity (Wildman–Crippen MR) is 81.0 cm³/mol. The minimum Gasteiger partial charge on any atom is -0.242 e. The van der Waals surface area contributed by atoms with Crippen molar-refractivity contribution < 1.29 is 17.7 Å². The number of primary sulfonamides is 1. The lowest BCUT2D eigenvalue weighted by Crippen LogP contribution is -2.57. The number of aromatic nitrogens is 2. The van der Waals surface area contributed by atoms with Crippen LogP contribution >= 0.6 is 0 Å². The predicted octanol–water partition coefficient (Wildman–Crippen LogP) is 0.591. The Hall–Kier alpha value is -2.17. The molecule has 1 aliphatic heterocycles. The number of nitrogens with one attached hydrogen (secondary N) is 1. The van der Waals surface area contributed by atoms with Crippen LogP contribution in [-0.4, -0.2) is 40.6 Å². The van der Waals surface area contributed by atoms with Crippen molar-refractivity contribution in [1.29, 1.82) is 0 Å². The van der Waals surface area contributed by atoms with Crippen LogP contribution in [0, 0.1) is 13.8 Å². The number of hydrogen-bond acceptors (Lipinski definition) is 6. The number of hydrogen-bond donors (Lipinski definition) is 2. The summed E-state index contributed by atoms with van der Waals surface area (Å²) in [4.78, 5) is 24.5. The number of quaternary nitrogens is 1. The summed E-state index contributed by atoms with van der Waals surface area (Å²) in [5, 5.41) is 7.23. The number of nitrogens with two attached hydrogens (primary N) is 1. The van der Waals surface area contributed by atoms with Crippen LogP contribution in [0.25, 0.3) is 0 Å². The maximum Gasteiger partial charge on any atom is 0.435 e. The Labute approximate surface area is 128 Å². The fourth-order valence-corrected chi connectivity index (χ4v) is 3.13. The molecule has 0 bridgehead atoms. The van der Waals surface area contributed by atoms with Gasteiger partial charge in [0.1, 0.15) is 6.20 Å². The van der Waals surface area contributed by atoms with Gasteiger partial charge in [-0.3, -0.25) is 0 Å². The SMILES string of the molecule is CC[N+]1(C(=O)Nc2nc(C)cc(C)n2)C=CN=C1S(N)(=O)=O. The number of aliphatic imine (C=N–C) groups is 1. The van der Waals surface area contributed by atoms with Crippen LogP contribution in [0.2, 0.25) is 0 Å².